The lowest BCUT2D eigenvalue weighted by molar-refractivity contribution is 0.103. The summed E-state index contributed by atoms with van der Waals surface area (Å²) in [4.78, 5) is 12.4. The zero-order chi connectivity index (χ0) is 13.8. The maximum absolute atomic E-state index is 12.4. The zero-order valence-electron chi connectivity index (χ0n) is 11.1. The predicted molar refractivity (Wildman–Crippen MR) is 75.1 cm³/mol. The van der Waals surface area contributed by atoms with Gasteiger partial charge in [0.2, 0.25) is 0 Å². The van der Waals surface area contributed by atoms with Crippen LogP contribution in [0.5, 0.6) is 0 Å². The van der Waals surface area contributed by atoms with E-state index in [1.807, 2.05) is 44.2 Å². The van der Waals surface area contributed by atoms with Gasteiger partial charge in [-0.25, -0.2) is 0 Å². The molecule has 0 bridgehead atoms. The standard InChI is InChI=1S/C17H15NO/c1-12(2)14-9-6-10-15(16(14)11-18)17(19)13-7-4-3-5-8-13/h3-10,12H,1-2H3. The molecule has 0 aromatic heterocycles. The SMILES string of the molecule is CC(C)c1cccc(C(=O)c2ccccc2)c1C#N. The Hall–Kier alpha value is -2.40. The van der Waals surface area contributed by atoms with Gasteiger partial charge in [0.1, 0.15) is 6.07 Å². The van der Waals surface area contributed by atoms with Gasteiger partial charge < -0.3 is 0 Å². The fourth-order valence-corrected chi connectivity index (χ4v) is 2.11. The molecule has 0 amide bonds. The van der Waals surface area contributed by atoms with E-state index in [-0.39, 0.29) is 11.7 Å². The van der Waals surface area contributed by atoms with Crippen LogP contribution in [-0.2, 0) is 0 Å². The van der Waals surface area contributed by atoms with Crippen molar-refractivity contribution >= 4 is 5.78 Å². The van der Waals surface area contributed by atoms with Crippen molar-refractivity contribution in [3.05, 3.63) is 70.8 Å². The average molecular weight is 249 g/mol. The van der Waals surface area contributed by atoms with Crippen molar-refractivity contribution in [1.29, 1.82) is 5.26 Å². The second kappa shape index (κ2) is 5.49. The summed E-state index contributed by atoms with van der Waals surface area (Å²) in [6.45, 7) is 4.04. The van der Waals surface area contributed by atoms with Gasteiger partial charge >= 0.3 is 0 Å². The summed E-state index contributed by atoms with van der Waals surface area (Å²) in [5.74, 6) is 0.123. The summed E-state index contributed by atoms with van der Waals surface area (Å²) in [7, 11) is 0. The Morgan fingerprint density at radius 3 is 2.32 bits per heavy atom. The first-order valence-electron chi connectivity index (χ1n) is 6.28. The zero-order valence-corrected chi connectivity index (χ0v) is 11.1. The molecule has 0 radical (unpaired) electrons. The van der Waals surface area contributed by atoms with E-state index in [1.54, 1.807) is 18.2 Å². The first-order chi connectivity index (χ1) is 9.15. The second-order valence-corrected chi connectivity index (χ2v) is 4.73. The summed E-state index contributed by atoms with van der Waals surface area (Å²) in [6, 6.07) is 16.7. The minimum absolute atomic E-state index is 0.0975. The highest BCUT2D eigenvalue weighted by Crippen LogP contribution is 2.23. The Labute approximate surface area is 113 Å². The maximum Gasteiger partial charge on any atom is 0.194 e. The molecule has 2 rings (SSSR count). The van der Waals surface area contributed by atoms with Gasteiger partial charge in [-0.15, -0.1) is 0 Å². The summed E-state index contributed by atoms with van der Waals surface area (Å²) in [5, 5.41) is 9.34. The number of ketones is 1. The number of rotatable bonds is 3. The normalized spacial score (nSPS) is 10.2. The Morgan fingerprint density at radius 2 is 1.74 bits per heavy atom. The average Bonchev–Trinajstić information content (AvgIpc) is 2.46. The van der Waals surface area contributed by atoms with Crippen molar-refractivity contribution in [2.75, 3.05) is 0 Å². The molecule has 0 N–H and O–H groups in total. The van der Waals surface area contributed by atoms with Crippen LogP contribution in [0.25, 0.3) is 0 Å². The molecule has 0 aliphatic rings. The fourth-order valence-electron chi connectivity index (χ4n) is 2.11. The second-order valence-electron chi connectivity index (χ2n) is 4.73. The van der Waals surface area contributed by atoms with E-state index in [9.17, 15) is 10.1 Å². The molecular weight excluding hydrogens is 234 g/mol. The van der Waals surface area contributed by atoms with Crippen molar-refractivity contribution in [3.8, 4) is 6.07 Å². The predicted octanol–water partition coefficient (Wildman–Crippen LogP) is 3.91. The highest BCUT2D eigenvalue weighted by atomic mass is 16.1. The number of benzene rings is 2. The van der Waals surface area contributed by atoms with Crippen molar-refractivity contribution in [3.63, 3.8) is 0 Å². The highest BCUT2D eigenvalue weighted by molar-refractivity contribution is 6.10. The molecule has 19 heavy (non-hydrogen) atoms. The molecule has 0 aliphatic heterocycles. The largest absolute Gasteiger partial charge is 0.289 e. The molecule has 2 nitrogen and oxygen atoms in total. The third-order valence-electron chi connectivity index (χ3n) is 3.11. The van der Waals surface area contributed by atoms with E-state index < -0.39 is 0 Å². The Kier molecular flexibility index (Phi) is 3.77. The van der Waals surface area contributed by atoms with Crippen LogP contribution in [0.1, 0.15) is 46.8 Å². The number of carbonyl (C=O) groups excluding carboxylic acids is 1. The number of nitriles is 1. The lowest BCUT2D eigenvalue weighted by atomic mass is 9.90. The number of carbonyl (C=O) groups is 1. The quantitative estimate of drug-likeness (QED) is 0.774. The molecule has 0 saturated heterocycles. The molecule has 2 aromatic carbocycles. The molecular formula is C17H15NO. The van der Waals surface area contributed by atoms with E-state index >= 15 is 0 Å². The van der Waals surface area contributed by atoms with Crippen molar-refractivity contribution in [2.45, 2.75) is 19.8 Å². The molecule has 0 spiro atoms. The molecule has 0 saturated carbocycles. The van der Waals surface area contributed by atoms with Crippen molar-refractivity contribution in [2.24, 2.45) is 0 Å². The topological polar surface area (TPSA) is 40.9 Å². The van der Waals surface area contributed by atoms with Crippen LogP contribution in [0.2, 0.25) is 0 Å². The molecule has 0 aliphatic carbocycles. The maximum atomic E-state index is 12.4. The van der Waals surface area contributed by atoms with E-state index in [0.29, 0.717) is 16.7 Å². The van der Waals surface area contributed by atoms with Gasteiger partial charge in [-0.1, -0.05) is 56.3 Å². The van der Waals surface area contributed by atoms with Crippen LogP contribution >= 0.6 is 0 Å². The highest BCUT2D eigenvalue weighted by Gasteiger charge is 2.17. The molecule has 94 valence electrons. The summed E-state index contributed by atoms with van der Waals surface area (Å²) in [6.07, 6.45) is 0. The van der Waals surface area contributed by atoms with E-state index in [4.69, 9.17) is 0 Å². The Bertz CT molecular complexity index is 636. The third-order valence-corrected chi connectivity index (χ3v) is 3.11. The molecule has 0 fully saturated rings. The van der Waals surface area contributed by atoms with Gasteiger partial charge in [-0.3, -0.25) is 4.79 Å². The van der Waals surface area contributed by atoms with Crippen LogP contribution < -0.4 is 0 Å². The third kappa shape index (κ3) is 2.56. The molecule has 0 heterocycles. The lowest BCUT2D eigenvalue weighted by Gasteiger charge is -2.11. The summed E-state index contributed by atoms with van der Waals surface area (Å²) < 4.78 is 0. The molecule has 2 aromatic rings. The molecule has 0 atom stereocenters. The van der Waals surface area contributed by atoms with Gasteiger partial charge in [-0.05, 0) is 17.5 Å². The molecule has 2 heteroatoms. The number of hydrogen-bond acceptors (Lipinski definition) is 2. The first-order valence-corrected chi connectivity index (χ1v) is 6.28. The van der Waals surface area contributed by atoms with Gasteiger partial charge in [0.15, 0.2) is 5.78 Å². The minimum atomic E-state index is -0.0975. The van der Waals surface area contributed by atoms with Crippen LogP contribution in [0.4, 0.5) is 0 Å². The van der Waals surface area contributed by atoms with E-state index in [2.05, 4.69) is 6.07 Å². The Morgan fingerprint density at radius 1 is 1.05 bits per heavy atom. The summed E-state index contributed by atoms with van der Waals surface area (Å²) >= 11 is 0. The van der Waals surface area contributed by atoms with Gasteiger partial charge in [-0.2, -0.15) is 5.26 Å². The van der Waals surface area contributed by atoms with Crippen LogP contribution in [0.3, 0.4) is 0 Å². The van der Waals surface area contributed by atoms with Crippen LogP contribution in [0, 0.1) is 11.3 Å². The van der Waals surface area contributed by atoms with Crippen molar-refractivity contribution < 1.29 is 4.79 Å². The van der Waals surface area contributed by atoms with E-state index in [1.165, 1.54) is 0 Å². The molecule has 0 unspecified atom stereocenters. The van der Waals surface area contributed by atoms with Gasteiger partial charge in [0.05, 0.1) is 5.56 Å². The van der Waals surface area contributed by atoms with Gasteiger partial charge in [0.25, 0.3) is 0 Å². The van der Waals surface area contributed by atoms with Gasteiger partial charge in [0, 0.05) is 11.1 Å². The minimum Gasteiger partial charge on any atom is -0.289 e. The monoisotopic (exact) mass is 249 g/mol. The van der Waals surface area contributed by atoms with Crippen LogP contribution in [0.15, 0.2) is 48.5 Å². The van der Waals surface area contributed by atoms with Crippen molar-refractivity contribution in [1.82, 2.24) is 0 Å². The Balaban J connectivity index is 2.55. The first kappa shape index (κ1) is 13.0. The fraction of sp³-hybridized carbons (Fsp3) is 0.176. The van der Waals surface area contributed by atoms with Crippen LogP contribution in [-0.4, -0.2) is 5.78 Å². The smallest absolute Gasteiger partial charge is 0.194 e. The summed E-state index contributed by atoms with van der Waals surface area (Å²) in [5.41, 5.74) is 2.51. The number of hydrogen-bond donors (Lipinski definition) is 0. The van der Waals surface area contributed by atoms with E-state index in [0.717, 1.165) is 5.56 Å². The number of nitrogens with zero attached hydrogens (tertiary/aromatic N) is 1. The lowest BCUT2D eigenvalue weighted by Crippen LogP contribution is -2.06.